The molecule has 1 aromatic rings. The highest BCUT2D eigenvalue weighted by Crippen LogP contribution is 2.24. The van der Waals surface area contributed by atoms with Gasteiger partial charge >= 0.3 is 0 Å². The zero-order valence-corrected chi connectivity index (χ0v) is 15.2. The number of nitrogens with zero attached hydrogens (tertiary/aromatic N) is 2. The smallest absolute Gasteiger partial charge is 0.243 e. The van der Waals surface area contributed by atoms with Crippen LogP contribution in [0.25, 0.3) is 0 Å². The van der Waals surface area contributed by atoms with Crippen LogP contribution in [0.15, 0.2) is 23.1 Å². The summed E-state index contributed by atoms with van der Waals surface area (Å²) in [5.74, 6) is -1.16. The number of rotatable bonds is 6. The monoisotopic (exact) mass is 373 g/mol. The van der Waals surface area contributed by atoms with Gasteiger partial charge in [-0.3, -0.25) is 9.69 Å². The topological polar surface area (TPSA) is 89.9 Å². The molecule has 9 heteroatoms. The van der Waals surface area contributed by atoms with Gasteiger partial charge in [-0.2, -0.15) is 4.31 Å². The summed E-state index contributed by atoms with van der Waals surface area (Å²) in [6.45, 7) is 4.89. The standard InChI is InChI=1S/C16H24FN3O4S/c1-3-13(11-21)19-6-8-20(9-7-19)25(23,24)14-4-5-15(17)16(10-14)18-12(2)22/h4-5,10,13,21H,3,6-9,11H2,1-2H3,(H,18,22)/t13-/m1/s1. The van der Waals surface area contributed by atoms with E-state index in [4.69, 9.17) is 0 Å². The number of amides is 1. The summed E-state index contributed by atoms with van der Waals surface area (Å²) < 4.78 is 40.6. The van der Waals surface area contributed by atoms with E-state index in [0.717, 1.165) is 18.6 Å². The van der Waals surface area contributed by atoms with Gasteiger partial charge < -0.3 is 10.4 Å². The van der Waals surface area contributed by atoms with Crippen LogP contribution in [-0.2, 0) is 14.8 Å². The van der Waals surface area contributed by atoms with Gasteiger partial charge in [0.25, 0.3) is 0 Å². The largest absolute Gasteiger partial charge is 0.395 e. The molecule has 1 saturated heterocycles. The van der Waals surface area contributed by atoms with E-state index >= 15 is 0 Å². The SMILES string of the molecule is CC[C@H](CO)N1CCN(S(=O)(=O)c2ccc(F)c(NC(C)=O)c2)CC1. The predicted octanol–water partition coefficient (Wildman–Crippen LogP) is 0.861. The van der Waals surface area contributed by atoms with Crippen molar-refractivity contribution < 1.29 is 22.7 Å². The van der Waals surface area contributed by atoms with Crippen LogP contribution in [0.2, 0.25) is 0 Å². The second-order valence-electron chi connectivity index (χ2n) is 6.01. The van der Waals surface area contributed by atoms with E-state index in [2.05, 4.69) is 10.2 Å². The van der Waals surface area contributed by atoms with E-state index in [1.165, 1.54) is 17.3 Å². The van der Waals surface area contributed by atoms with Crippen molar-refractivity contribution in [1.82, 2.24) is 9.21 Å². The highest BCUT2D eigenvalue weighted by atomic mass is 32.2. The van der Waals surface area contributed by atoms with Crippen LogP contribution in [0.3, 0.4) is 0 Å². The van der Waals surface area contributed by atoms with E-state index in [1.54, 1.807) is 0 Å². The van der Waals surface area contributed by atoms with E-state index in [0.29, 0.717) is 26.2 Å². The molecule has 1 fully saturated rings. The molecule has 0 spiro atoms. The maximum Gasteiger partial charge on any atom is 0.243 e. The van der Waals surface area contributed by atoms with Gasteiger partial charge in [0.15, 0.2) is 0 Å². The maximum atomic E-state index is 13.7. The number of anilines is 1. The molecule has 0 aromatic heterocycles. The van der Waals surface area contributed by atoms with Crippen molar-refractivity contribution in [2.75, 3.05) is 38.1 Å². The molecule has 25 heavy (non-hydrogen) atoms. The molecule has 1 amide bonds. The lowest BCUT2D eigenvalue weighted by atomic mass is 10.2. The molecule has 0 saturated carbocycles. The minimum Gasteiger partial charge on any atom is -0.395 e. The van der Waals surface area contributed by atoms with Gasteiger partial charge in [0, 0.05) is 39.1 Å². The summed E-state index contributed by atoms with van der Waals surface area (Å²) in [4.78, 5) is 13.1. The number of benzene rings is 1. The zero-order valence-electron chi connectivity index (χ0n) is 14.4. The lowest BCUT2D eigenvalue weighted by Crippen LogP contribution is -2.52. The molecule has 0 bridgehead atoms. The number of carbonyl (C=O) groups is 1. The fourth-order valence-corrected chi connectivity index (χ4v) is 4.36. The summed E-state index contributed by atoms with van der Waals surface area (Å²) >= 11 is 0. The third kappa shape index (κ3) is 4.55. The Labute approximate surface area is 147 Å². The second-order valence-corrected chi connectivity index (χ2v) is 7.95. The Balaban J connectivity index is 2.16. The number of aliphatic hydroxyl groups excluding tert-OH is 1. The molecule has 1 aliphatic rings. The number of carbonyl (C=O) groups excluding carboxylic acids is 1. The fourth-order valence-electron chi connectivity index (χ4n) is 2.91. The van der Waals surface area contributed by atoms with Gasteiger partial charge in [-0.1, -0.05) is 6.92 Å². The highest BCUT2D eigenvalue weighted by Gasteiger charge is 2.30. The van der Waals surface area contributed by atoms with E-state index in [-0.39, 0.29) is 23.2 Å². The molecule has 0 unspecified atom stereocenters. The summed E-state index contributed by atoms with van der Waals surface area (Å²) in [6, 6.07) is 3.40. The Hall–Kier alpha value is -1.55. The van der Waals surface area contributed by atoms with Gasteiger partial charge in [0.2, 0.25) is 15.9 Å². The van der Waals surface area contributed by atoms with Crippen LogP contribution in [0.5, 0.6) is 0 Å². The van der Waals surface area contributed by atoms with E-state index < -0.39 is 21.7 Å². The van der Waals surface area contributed by atoms with Crippen LogP contribution in [0, 0.1) is 5.82 Å². The van der Waals surface area contributed by atoms with Crippen molar-refractivity contribution in [3.8, 4) is 0 Å². The predicted molar refractivity (Wildman–Crippen MR) is 92.2 cm³/mol. The molecule has 1 atom stereocenters. The molecule has 0 aliphatic carbocycles. The molecule has 2 N–H and O–H groups in total. The first kappa shape index (κ1) is 19.8. The Morgan fingerprint density at radius 3 is 2.48 bits per heavy atom. The van der Waals surface area contributed by atoms with Gasteiger partial charge in [-0.05, 0) is 24.6 Å². The van der Waals surface area contributed by atoms with E-state index in [1.807, 2.05) is 6.92 Å². The van der Waals surface area contributed by atoms with Crippen LogP contribution >= 0.6 is 0 Å². The van der Waals surface area contributed by atoms with Gasteiger partial charge in [-0.15, -0.1) is 0 Å². The van der Waals surface area contributed by atoms with E-state index in [9.17, 15) is 22.7 Å². The van der Waals surface area contributed by atoms with Crippen LogP contribution in [0.1, 0.15) is 20.3 Å². The molecule has 1 aliphatic heterocycles. The van der Waals surface area contributed by atoms with Crippen LogP contribution < -0.4 is 5.32 Å². The number of sulfonamides is 1. The minimum atomic E-state index is -3.77. The first-order chi connectivity index (χ1) is 11.8. The fraction of sp³-hybridized carbons (Fsp3) is 0.562. The Kier molecular flexibility index (Phi) is 6.50. The quantitative estimate of drug-likeness (QED) is 0.772. The third-order valence-electron chi connectivity index (χ3n) is 4.36. The molecular weight excluding hydrogens is 349 g/mol. The average Bonchev–Trinajstić information content (AvgIpc) is 2.58. The molecular formula is C16H24FN3O4S. The number of halogens is 1. The lowest BCUT2D eigenvalue weighted by molar-refractivity contribution is -0.114. The first-order valence-corrected chi connectivity index (χ1v) is 9.65. The summed E-state index contributed by atoms with van der Waals surface area (Å²) in [7, 11) is -3.77. The highest BCUT2D eigenvalue weighted by molar-refractivity contribution is 7.89. The number of piperazine rings is 1. The second kappa shape index (κ2) is 8.22. The van der Waals surface area contributed by atoms with Crippen molar-refractivity contribution in [3.63, 3.8) is 0 Å². The van der Waals surface area contributed by atoms with Gasteiger partial charge in [0.05, 0.1) is 17.2 Å². The Morgan fingerprint density at radius 1 is 1.32 bits per heavy atom. The Bertz CT molecular complexity index is 714. The molecule has 2 rings (SSSR count). The van der Waals surface area contributed by atoms with Gasteiger partial charge in [0.1, 0.15) is 5.82 Å². The summed E-state index contributed by atoms with van der Waals surface area (Å²) in [5.41, 5.74) is -0.154. The number of hydrogen-bond acceptors (Lipinski definition) is 5. The number of hydrogen-bond donors (Lipinski definition) is 2. The summed E-state index contributed by atoms with van der Waals surface area (Å²) in [5, 5.41) is 11.7. The molecule has 1 heterocycles. The molecule has 7 nitrogen and oxygen atoms in total. The minimum absolute atomic E-state index is 0.0297. The van der Waals surface area contributed by atoms with Crippen molar-refractivity contribution in [2.24, 2.45) is 0 Å². The molecule has 0 radical (unpaired) electrons. The normalized spacial score (nSPS) is 18.1. The van der Waals surface area contributed by atoms with Crippen molar-refractivity contribution in [3.05, 3.63) is 24.0 Å². The van der Waals surface area contributed by atoms with Crippen molar-refractivity contribution in [2.45, 2.75) is 31.2 Å². The maximum absolute atomic E-state index is 13.7. The third-order valence-corrected chi connectivity index (χ3v) is 6.25. The van der Waals surface area contributed by atoms with Crippen molar-refractivity contribution >= 4 is 21.6 Å². The average molecular weight is 373 g/mol. The Morgan fingerprint density at radius 2 is 1.96 bits per heavy atom. The summed E-state index contributed by atoms with van der Waals surface area (Å²) in [6.07, 6.45) is 0.793. The lowest BCUT2D eigenvalue weighted by Gasteiger charge is -2.37. The number of aliphatic hydroxyl groups is 1. The first-order valence-electron chi connectivity index (χ1n) is 8.21. The van der Waals surface area contributed by atoms with Gasteiger partial charge in [-0.25, -0.2) is 12.8 Å². The zero-order chi connectivity index (χ0) is 18.6. The van der Waals surface area contributed by atoms with Crippen LogP contribution in [-0.4, -0.2) is 67.5 Å². The molecule has 140 valence electrons. The number of nitrogens with one attached hydrogen (secondary N) is 1. The molecule has 1 aromatic carbocycles. The van der Waals surface area contributed by atoms with Crippen LogP contribution in [0.4, 0.5) is 10.1 Å². The van der Waals surface area contributed by atoms with Crippen molar-refractivity contribution in [1.29, 1.82) is 0 Å².